The standard InChI is InChI=1S/C26H29N3O4S/c30-26(23-9-7-22(8-10-23)21-5-2-1-3-6-21)28-24-11-13-25(14-12-24)34(31,32)27-15-4-16-29-17-19-33-20-18-29/h1-3,5-14,27H,4,15-20H2,(H,28,30). The molecule has 0 spiro atoms. The van der Waals surface area contributed by atoms with Crippen LogP contribution in [0.4, 0.5) is 5.69 Å². The number of nitrogens with one attached hydrogen (secondary N) is 2. The Morgan fingerprint density at radius 3 is 2.18 bits per heavy atom. The number of morpholine rings is 1. The summed E-state index contributed by atoms with van der Waals surface area (Å²) in [5, 5.41) is 2.81. The lowest BCUT2D eigenvalue weighted by Gasteiger charge is -2.26. The molecular weight excluding hydrogens is 450 g/mol. The number of hydrogen-bond donors (Lipinski definition) is 2. The first-order chi connectivity index (χ1) is 16.5. The Labute approximate surface area is 200 Å². The zero-order valence-electron chi connectivity index (χ0n) is 18.9. The van der Waals surface area contributed by atoms with Gasteiger partial charge >= 0.3 is 0 Å². The van der Waals surface area contributed by atoms with Crippen molar-refractivity contribution in [1.82, 2.24) is 9.62 Å². The van der Waals surface area contributed by atoms with Gasteiger partial charge in [0.1, 0.15) is 0 Å². The van der Waals surface area contributed by atoms with Crippen molar-refractivity contribution in [3.8, 4) is 11.1 Å². The largest absolute Gasteiger partial charge is 0.379 e. The summed E-state index contributed by atoms with van der Waals surface area (Å²) in [4.78, 5) is 15.0. The number of benzene rings is 3. The van der Waals surface area contributed by atoms with Crippen molar-refractivity contribution in [1.29, 1.82) is 0 Å². The van der Waals surface area contributed by atoms with Gasteiger partial charge in [0, 0.05) is 30.9 Å². The number of hydrogen-bond acceptors (Lipinski definition) is 5. The van der Waals surface area contributed by atoms with E-state index in [0.717, 1.165) is 50.4 Å². The number of carbonyl (C=O) groups excluding carboxylic acids is 1. The van der Waals surface area contributed by atoms with Crippen LogP contribution in [0.25, 0.3) is 11.1 Å². The lowest BCUT2D eigenvalue weighted by atomic mass is 10.0. The molecule has 0 saturated carbocycles. The number of nitrogens with zero attached hydrogens (tertiary/aromatic N) is 1. The van der Waals surface area contributed by atoms with Gasteiger partial charge in [-0.15, -0.1) is 0 Å². The Morgan fingerprint density at radius 1 is 0.853 bits per heavy atom. The molecule has 7 nitrogen and oxygen atoms in total. The van der Waals surface area contributed by atoms with E-state index in [0.29, 0.717) is 17.8 Å². The number of rotatable bonds is 9. The molecule has 0 atom stereocenters. The molecule has 3 aromatic rings. The summed E-state index contributed by atoms with van der Waals surface area (Å²) in [5.41, 5.74) is 3.17. The Morgan fingerprint density at radius 2 is 1.50 bits per heavy atom. The first-order valence-corrected chi connectivity index (χ1v) is 12.9. The predicted molar refractivity (Wildman–Crippen MR) is 133 cm³/mol. The Balaban J connectivity index is 1.29. The van der Waals surface area contributed by atoms with Crippen LogP contribution in [0.1, 0.15) is 16.8 Å². The second-order valence-electron chi connectivity index (χ2n) is 8.13. The monoisotopic (exact) mass is 479 g/mol. The third kappa shape index (κ3) is 6.51. The van der Waals surface area contributed by atoms with Gasteiger partial charge in [0.15, 0.2) is 0 Å². The molecule has 1 fully saturated rings. The molecule has 178 valence electrons. The van der Waals surface area contributed by atoms with Gasteiger partial charge in [0.2, 0.25) is 10.0 Å². The quantitative estimate of drug-likeness (QED) is 0.458. The first kappa shape index (κ1) is 24.1. The van der Waals surface area contributed by atoms with Gasteiger partial charge in [-0.05, 0) is 60.5 Å². The topological polar surface area (TPSA) is 87.7 Å². The molecule has 0 unspecified atom stereocenters. The summed E-state index contributed by atoms with van der Waals surface area (Å²) >= 11 is 0. The maximum Gasteiger partial charge on any atom is 0.255 e. The molecule has 0 radical (unpaired) electrons. The zero-order chi connectivity index (χ0) is 23.8. The summed E-state index contributed by atoms with van der Waals surface area (Å²) in [7, 11) is -3.60. The van der Waals surface area contributed by atoms with Gasteiger partial charge < -0.3 is 10.1 Å². The van der Waals surface area contributed by atoms with E-state index in [-0.39, 0.29) is 10.8 Å². The molecule has 1 saturated heterocycles. The predicted octanol–water partition coefficient (Wildman–Crippen LogP) is 3.61. The maximum absolute atomic E-state index is 12.6. The SMILES string of the molecule is O=C(Nc1ccc(S(=O)(=O)NCCCN2CCOCC2)cc1)c1ccc(-c2ccccc2)cc1. The van der Waals surface area contributed by atoms with E-state index in [1.807, 2.05) is 42.5 Å². The summed E-state index contributed by atoms with van der Waals surface area (Å²) in [5.74, 6) is -0.253. The second kappa shape index (κ2) is 11.4. The average Bonchev–Trinajstić information content (AvgIpc) is 2.88. The van der Waals surface area contributed by atoms with Gasteiger partial charge in [-0.2, -0.15) is 0 Å². The first-order valence-electron chi connectivity index (χ1n) is 11.4. The highest BCUT2D eigenvalue weighted by Gasteiger charge is 2.15. The third-order valence-corrected chi connectivity index (χ3v) is 7.20. The van der Waals surface area contributed by atoms with Crippen LogP contribution in [0.2, 0.25) is 0 Å². The fraction of sp³-hybridized carbons (Fsp3) is 0.269. The highest BCUT2D eigenvalue weighted by molar-refractivity contribution is 7.89. The van der Waals surface area contributed by atoms with Crippen molar-refractivity contribution in [3.63, 3.8) is 0 Å². The molecule has 8 heteroatoms. The van der Waals surface area contributed by atoms with E-state index >= 15 is 0 Å². The normalized spacial score (nSPS) is 14.6. The van der Waals surface area contributed by atoms with E-state index in [9.17, 15) is 13.2 Å². The second-order valence-corrected chi connectivity index (χ2v) is 9.89. The number of ether oxygens (including phenoxy) is 1. The van der Waals surface area contributed by atoms with Crippen molar-refractivity contribution < 1.29 is 17.9 Å². The lowest BCUT2D eigenvalue weighted by Crippen LogP contribution is -2.38. The van der Waals surface area contributed by atoms with Crippen LogP contribution in [0.5, 0.6) is 0 Å². The van der Waals surface area contributed by atoms with Crippen LogP contribution < -0.4 is 10.0 Å². The van der Waals surface area contributed by atoms with Gasteiger partial charge in [-0.25, -0.2) is 13.1 Å². The molecule has 1 aliphatic rings. The van der Waals surface area contributed by atoms with Crippen LogP contribution in [-0.2, 0) is 14.8 Å². The zero-order valence-corrected chi connectivity index (χ0v) is 19.8. The molecule has 34 heavy (non-hydrogen) atoms. The van der Waals surface area contributed by atoms with Crippen LogP contribution in [0.3, 0.4) is 0 Å². The molecule has 2 N–H and O–H groups in total. The van der Waals surface area contributed by atoms with Gasteiger partial charge in [0.25, 0.3) is 5.91 Å². The van der Waals surface area contributed by atoms with Crippen molar-refractivity contribution in [2.45, 2.75) is 11.3 Å². The highest BCUT2D eigenvalue weighted by Crippen LogP contribution is 2.20. The van der Waals surface area contributed by atoms with Crippen LogP contribution >= 0.6 is 0 Å². The maximum atomic E-state index is 12.6. The number of carbonyl (C=O) groups is 1. The molecule has 0 aromatic heterocycles. The Hall–Kier alpha value is -3.04. The highest BCUT2D eigenvalue weighted by atomic mass is 32.2. The summed E-state index contributed by atoms with van der Waals surface area (Å²) in [6, 6.07) is 23.5. The third-order valence-electron chi connectivity index (χ3n) is 5.72. The summed E-state index contributed by atoms with van der Waals surface area (Å²) in [6.07, 6.45) is 0.733. The average molecular weight is 480 g/mol. The molecule has 1 amide bonds. The van der Waals surface area contributed by atoms with Crippen LogP contribution in [0.15, 0.2) is 83.8 Å². The van der Waals surface area contributed by atoms with Crippen molar-refractivity contribution in [2.24, 2.45) is 0 Å². The van der Waals surface area contributed by atoms with Crippen molar-refractivity contribution in [3.05, 3.63) is 84.4 Å². The van der Waals surface area contributed by atoms with Gasteiger partial charge in [0.05, 0.1) is 18.1 Å². The summed E-state index contributed by atoms with van der Waals surface area (Å²) in [6.45, 7) is 4.44. The molecule has 0 bridgehead atoms. The Kier molecular flexibility index (Phi) is 8.08. The molecule has 4 rings (SSSR count). The Bertz CT molecular complexity index is 1170. The molecule has 3 aromatic carbocycles. The lowest BCUT2D eigenvalue weighted by molar-refractivity contribution is 0.0376. The minimum atomic E-state index is -3.60. The molecular formula is C26H29N3O4S. The minimum Gasteiger partial charge on any atom is -0.379 e. The van der Waals surface area contributed by atoms with E-state index in [1.165, 1.54) is 12.1 Å². The van der Waals surface area contributed by atoms with E-state index in [2.05, 4.69) is 14.9 Å². The number of anilines is 1. The molecule has 0 aliphatic carbocycles. The molecule has 1 aliphatic heterocycles. The smallest absolute Gasteiger partial charge is 0.255 e. The van der Waals surface area contributed by atoms with E-state index in [4.69, 9.17) is 4.74 Å². The molecule has 1 heterocycles. The number of sulfonamides is 1. The summed E-state index contributed by atoms with van der Waals surface area (Å²) < 4.78 is 33.1. The minimum absolute atomic E-state index is 0.170. The fourth-order valence-electron chi connectivity index (χ4n) is 3.78. The van der Waals surface area contributed by atoms with Crippen LogP contribution in [-0.4, -0.2) is 58.6 Å². The fourth-order valence-corrected chi connectivity index (χ4v) is 4.86. The van der Waals surface area contributed by atoms with Crippen LogP contribution in [0, 0.1) is 0 Å². The number of amides is 1. The van der Waals surface area contributed by atoms with Gasteiger partial charge in [-0.1, -0.05) is 42.5 Å². The van der Waals surface area contributed by atoms with E-state index < -0.39 is 10.0 Å². The van der Waals surface area contributed by atoms with Crippen molar-refractivity contribution >= 4 is 21.6 Å². The van der Waals surface area contributed by atoms with Crippen molar-refractivity contribution in [2.75, 3.05) is 44.7 Å². The van der Waals surface area contributed by atoms with Gasteiger partial charge in [-0.3, -0.25) is 9.69 Å². The van der Waals surface area contributed by atoms with E-state index in [1.54, 1.807) is 24.3 Å².